The van der Waals surface area contributed by atoms with Crippen LogP contribution in [0.5, 0.6) is 0 Å². The molecule has 1 aromatic carbocycles. The Labute approximate surface area is 147 Å². The van der Waals surface area contributed by atoms with Crippen LogP contribution >= 0.6 is 0 Å². The van der Waals surface area contributed by atoms with Crippen LogP contribution in [0.4, 0.5) is 5.69 Å². The van der Waals surface area contributed by atoms with Crippen molar-refractivity contribution in [3.8, 4) is 11.3 Å². The molecule has 4 nitrogen and oxygen atoms in total. The minimum atomic E-state index is 0.287. The van der Waals surface area contributed by atoms with E-state index in [2.05, 4.69) is 48.1 Å². The average molecular weight is 334 g/mol. The molecule has 2 aromatic rings. The molecule has 25 heavy (non-hydrogen) atoms. The quantitative estimate of drug-likeness (QED) is 0.833. The van der Waals surface area contributed by atoms with Gasteiger partial charge in [0.2, 0.25) is 0 Å². The van der Waals surface area contributed by atoms with E-state index in [1.165, 1.54) is 12.0 Å². The summed E-state index contributed by atoms with van der Waals surface area (Å²) in [6.07, 6.45) is 10.9. The Morgan fingerprint density at radius 2 is 2.16 bits per heavy atom. The van der Waals surface area contributed by atoms with Gasteiger partial charge in [-0.25, -0.2) is 4.98 Å². The van der Waals surface area contributed by atoms with Gasteiger partial charge in [-0.15, -0.1) is 0 Å². The third-order valence-electron chi connectivity index (χ3n) is 4.84. The van der Waals surface area contributed by atoms with E-state index in [1.54, 1.807) is 6.20 Å². The first-order valence-corrected chi connectivity index (χ1v) is 8.68. The summed E-state index contributed by atoms with van der Waals surface area (Å²) in [7, 11) is 0. The Balaban J connectivity index is 1.46. The Morgan fingerprint density at radius 3 is 2.96 bits per heavy atom. The molecular weight excluding hydrogens is 312 g/mol. The van der Waals surface area contributed by atoms with Gasteiger partial charge in [0.15, 0.2) is 12.2 Å². The molecule has 0 spiro atoms. The van der Waals surface area contributed by atoms with Crippen molar-refractivity contribution in [2.45, 2.75) is 26.2 Å². The van der Waals surface area contributed by atoms with E-state index < -0.39 is 0 Å². The van der Waals surface area contributed by atoms with Crippen LogP contribution in [-0.2, 0) is 4.74 Å². The lowest BCUT2D eigenvalue weighted by Crippen LogP contribution is -2.23. The second-order valence-corrected chi connectivity index (χ2v) is 6.63. The summed E-state index contributed by atoms with van der Waals surface area (Å²) in [5.41, 5.74) is 5.55. The summed E-state index contributed by atoms with van der Waals surface area (Å²) in [4.78, 5) is 3.97. The van der Waals surface area contributed by atoms with Crippen molar-refractivity contribution in [2.24, 2.45) is 5.92 Å². The molecule has 1 saturated heterocycles. The highest BCUT2D eigenvalue weighted by Gasteiger charge is 2.25. The standard InChI is InChI=1S/C21H22N2O2/c1-14-9-17(21-11-22-13-25-21)7-8-19(14)23-15(2)18-10-16-5-3-4-6-20(16)24-12-18/h5-9,11,13,18,23H,2-4,10,12H2,1H3. The van der Waals surface area contributed by atoms with E-state index in [9.17, 15) is 0 Å². The lowest BCUT2D eigenvalue weighted by molar-refractivity contribution is 0.157. The summed E-state index contributed by atoms with van der Waals surface area (Å²) in [5, 5.41) is 3.48. The normalized spacial score (nSPS) is 19.3. The zero-order valence-electron chi connectivity index (χ0n) is 14.4. The molecule has 1 aromatic heterocycles. The number of hydrogen-bond donors (Lipinski definition) is 1. The van der Waals surface area contributed by atoms with Crippen molar-refractivity contribution in [3.63, 3.8) is 0 Å². The van der Waals surface area contributed by atoms with Crippen LogP contribution in [0.15, 0.2) is 71.0 Å². The highest BCUT2D eigenvalue weighted by molar-refractivity contribution is 5.65. The van der Waals surface area contributed by atoms with Crippen LogP contribution in [-0.4, -0.2) is 11.6 Å². The number of rotatable bonds is 4. The zero-order chi connectivity index (χ0) is 17.2. The first-order chi connectivity index (χ1) is 12.2. The zero-order valence-corrected chi connectivity index (χ0v) is 14.4. The highest BCUT2D eigenvalue weighted by atomic mass is 16.5. The lowest BCUT2D eigenvalue weighted by Gasteiger charge is -2.31. The topological polar surface area (TPSA) is 47.3 Å². The third kappa shape index (κ3) is 3.25. The number of benzene rings is 1. The molecule has 1 aliphatic carbocycles. The predicted molar refractivity (Wildman–Crippen MR) is 98.9 cm³/mol. The Morgan fingerprint density at radius 1 is 1.28 bits per heavy atom. The maximum absolute atomic E-state index is 5.92. The summed E-state index contributed by atoms with van der Waals surface area (Å²) in [6, 6.07) is 6.19. The summed E-state index contributed by atoms with van der Waals surface area (Å²) >= 11 is 0. The third-order valence-corrected chi connectivity index (χ3v) is 4.84. The van der Waals surface area contributed by atoms with E-state index in [0.717, 1.165) is 53.3 Å². The van der Waals surface area contributed by atoms with Crippen LogP contribution in [0.2, 0.25) is 0 Å². The molecule has 2 heterocycles. The van der Waals surface area contributed by atoms with E-state index in [1.807, 2.05) is 6.07 Å². The number of aromatic nitrogens is 1. The monoisotopic (exact) mass is 334 g/mol. The number of hydrogen-bond acceptors (Lipinski definition) is 4. The molecule has 1 fully saturated rings. The van der Waals surface area contributed by atoms with E-state index in [0.29, 0.717) is 6.61 Å². The van der Waals surface area contributed by atoms with Gasteiger partial charge in [0, 0.05) is 22.9 Å². The van der Waals surface area contributed by atoms with Crippen molar-refractivity contribution >= 4 is 5.69 Å². The van der Waals surface area contributed by atoms with Crippen molar-refractivity contribution in [3.05, 3.63) is 72.1 Å². The molecule has 128 valence electrons. The van der Waals surface area contributed by atoms with E-state index in [-0.39, 0.29) is 5.92 Å². The number of fused-ring (bicyclic) bond motifs is 1. The van der Waals surface area contributed by atoms with Crippen LogP contribution in [0, 0.1) is 12.8 Å². The number of ether oxygens (including phenoxy) is 1. The average Bonchev–Trinajstić information content (AvgIpc) is 3.17. The molecule has 0 saturated carbocycles. The maximum Gasteiger partial charge on any atom is 0.181 e. The number of nitrogens with one attached hydrogen (secondary N) is 1. The predicted octanol–water partition coefficient (Wildman–Crippen LogP) is 5.22. The molecule has 4 rings (SSSR count). The Kier molecular flexibility index (Phi) is 4.18. The first kappa shape index (κ1) is 15.8. The molecular formula is C21H22N2O2. The van der Waals surface area contributed by atoms with Crippen molar-refractivity contribution in [2.75, 3.05) is 11.9 Å². The van der Waals surface area contributed by atoms with Crippen molar-refractivity contribution < 1.29 is 9.15 Å². The minimum absolute atomic E-state index is 0.287. The van der Waals surface area contributed by atoms with E-state index in [4.69, 9.17) is 9.15 Å². The molecule has 1 unspecified atom stereocenters. The summed E-state index contributed by atoms with van der Waals surface area (Å²) < 4.78 is 11.3. The van der Waals surface area contributed by atoms with Crippen LogP contribution < -0.4 is 5.32 Å². The van der Waals surface area contributed by atoms with Gasteiger partial charge >= 0.3 is 0 Å². The van der Waals surface area contributed by atoms with Gasteiger partial charge < -0.3 is 14.5 Å². The lowest BCUT2D eigenvalue weighted by atomic mass is 9.90. The molecule has 1 atom stereocenters. The van der Waals surface area contributed by atoms with Gasteiger partial charge in [0.1, 0.15) is 5.76 Å². The number of oxazole rings is 1. The summed E-state index contributed by atoms with van der Waals surface area (Å²) in [6.45, 7) is 7.02. The SMILES string of the molecule is C=C(Nc1ccc(-c2cnco2)cc1C)C1COC2=CCCC=C2C1. The van der Waals surface area contributed by atoms with Crippen molar-refractivity contribution in [1.82, 2.24) is 4.98 Å². The fourth-order valence-electron chi connectivity index (χ4n) is 3.37. The fraction of sp³-hybridized carbons (Fsp3) is 0.286. The molecule has 0 amide bonds. The minimum Gasteiger partial charge on any atom is -0.493 e. The Bertz CT molecular complexity index is 847. The molecule has 0 radical (unpaired) electrons. The van der Waals surface area contributed by atoms with Crippen LogP contribution in [0.1, 0.15) is 24.8 Å². The number of aryl methyl sites for hydroxylation is 1. The molecule has 1 N–H and O–H groups in total. The number of anilines is 1. The number of nitrogens with zero attached hydrogens (tertiary/aromatic N) is 1. The second-order valence-electron chi connectivity index (χ2n) is 6.63. The highest BCUT2D eigenvalue weighted by Crippen LogP contribution is 2.35. The molecule has 1 aliphatic heterocycles. The number of allylic oxidation sites excluding steroid dienone is 3. The van der Waals surface area contributed by atoms with Crippen molar-refractivity contribution in [1.29, 1.82) is 0 Å². The van der Waals surface area contributed by atoms with Gasteiger partial charge in [-0.2, -0.15) is 0 Å². The fourth-order valence-corrected chi connectivity index (χ4v) is 3.37. The molecule has 4 heteroatoms. The van der Waals surface area contributed by atoms with Gasteiger partial charge in [-0.3, -0.25) is 0 Å². The van der Waals surface area contributed by atoms with E-state index >= 15 is 0 Å². The first-order valence-electron chi connectivity index (χ1n) is 8.68. The molecule has 2 aliphatic rings. The van der Waals surface area contributed by atoms with Crippen LogP contribution in [0.3, 0.4) is 0 Å². The van der Waals surface area contributed by atoms with Gasteiger partial charge in [-0.1, -0.05) is 12.7 Å². The summed E-state index contributed by atoms with van der Waals surface area (Å²) in [5.74, 6) is 2.13. The van der Waals surface area contributed by atoms with Gasteiger partial charge in [-0.05, 0) is 61.6 Å². The molecule has 0 bridgehead atoms. The Hall–Kier alpha value is -2.75. The van der Waals surface area contributed by atoms with Gasteiger partial charge in [0.25, 0.3) is 0 Å². The van der Waals surface area contributed by atoms with Gasteiger partial charge in [0.05, 0.1) is 12.8 Å². The second kappa shape index (κ2) is 6.63. The maximum atomic E-state index is 5.92. The largest absolute Gasteiger partial charge is 0.493 e. The van der Waals surface area contributed by atoms with Crippen LogP contribution in [0.25, 0.3) is 11.3 Å². The smallest absolute Gasteiger partial charge is 0.181 e.